The molecule has 0 aromatic heterocycles. The smallest absolute Gasteiger partial charge is 0.0109 e. The zero-order chi connectivity index (χ0) is 17.0. The van der Waals surface area contributed by atoms with Gasteiger partial charge in [-0.15, -0.1) is 0 Å². The van der Waals surface area contributed by atoms with Gasteiger partial charge >= 0.3 is 0 Å². The maximum Gasteiger partial charge on any atom is -0.0109 e. The zero-order valence-electron chi connectivity index (χ0n) is 15.4. The average molecular weight is 321 g/mol. The van der Waals surface area contributed by atoms with Gasteiger partial charge in [-0.05, 0) is 79.7 Å². The quantitative estimate of drug-likeness (QED) is 0.504. The Morgan fingerprint density at radius 1 is 0.958 bits per heavy atom. The highest BCUT2D eigenvalue weighted by Gasteiger charge is 2.17. The number of aryl methyl sites for hydroxylation is 1. The summed E-state index contributed by atoms with van der Waals surface area (Å²) in [6, 6.07) is 8.83. The van der Waals surface area contributed by atoms with E-state index < -0.39 is 0 Å². The molecule has 1 aromatic rings. The van der Waals surface area contributed by atoms with E-state index in [4.69, 9.17) is 0 Å². The predicted molar refractivity (Wildman–Crippen MR) is 107 cm³/mol. The van der Waals surface area contributed by atoms with Gasteiger partial charge in [0.1, 0.15) is 0 Å². The summed E-state index contributed by atoms with van der Waals surface area (Å²) < 4.78 is 0. The molecule has 128 valence electrons. The van der Waals surface area contributed by atoms with Gasteiger partial charge < -0.3 is 0 Å². The van der Waals surface area contributed by atoms with Crippen LogP contribution < -0.4 is 0 Å². The number of benzene rings is 1. The van der Waals surface area contributed by atoms with Crippen molar-refractivity contribution >= 4 is 6.08 Å². The molecule has 0 nitrogen and oxygen atoms in total. The van der Waals surface area contributed by atoms with Gasteiger partial charge in [-0.25, -0.2) is 0 Å². The molecule has 1 saturated carbocycles. The van der Waals surface area contributed by atoms with E-state index in [1.807, 2.05) is 6.08 Å². The van der Waals surface area contributed by atoms with E-state index in [9.17, 15) is 0 Å². The molecule has 1 fully saturated rings. The molecule has 0 heterocycles. The van der Waals surface area contributed by atoms with Crippen molar-refractivity contribution in [2.24, 2.45) is 11.8 Å². The molecule has 0 atom stereocenters. The van der Waals surface area contributed by atoms with Crippen LogP contribution in [0.15, 0.2) is 42.5 Å². The van der Waals surface area contributed by atoms with Crippen LogP contribution in [-0.4, -0.2) is 0 Å². The van der Waals surface area contributed by atoms with Crippen molar-refractivity contribution < 1.29 is 0 Å². The van der Waals surface area contributed by atoms with E-state index in [1.165, 1.54) is 62.5 Å². The van der Waals surface area contributed by atoms with Gasteiger partial charge in [-0.3, -0.25) is 0 Å². The summed E-state index contributed by atoms with van der Waals surface area (Å²) in [7, 11) is 0. The number of hydrogen-bond donors (Lipinski definition) is 0. The largest absolute Gasteiger partial charge is 0.0730 e. The van der Waals surface area contributed by atoms with Gasteiger partial charge in [0.25, 0.3) is 0 Å². The molecule has 0 unspecified atom stereocenters. The molecule has 1 aliphatic carbocycles. The first-order chi connectivity index (χ1) is 11.8. The molecule has 0 aliphatic heterocycles. The molecule has 0 bridgehead atoms. The normalized spacial score (nSPS) is 21.1. The molecule has 0 N–H and O–H groups in total. The molecule has 24 heavy (non-hydrogen) atoms. The van der Waals surface area contributed by atoms with Crippen LogP contribution in [0.1, 0.15) is 69.9 Å². The third-order valence-electron chi connectivity index (χ3n) is 5.16. The fourth-order valence-electron chi connectivity index (χ4n) is 3.38. The Bertz CT molecular complexity index is 569. The Labute approximate surface area is 149 Å². The van der Waals surface area contributed by atoms with Gasteiger partial charge in [-0.2, -0.15) is 0 Å². The van der Waals surface area contributed by atoms with Crippen molar-refractivity contribution in [1.29, 1.82) is 0 Å². The van der Waals surface area contributed by atoms with Crippen LogP contribution in [0.5, 0.6) is 0 Å². The standard InChI is InChI=1S/C24H32/c1-3-5-10-22-17-19-24(20-18-22)12-9-7-6-8-11-23-15-13-21(4-2)14-16-23/h8-9,11-12,17-21,23H,3-5,10,13-16H2,1-2H3/b11-8+,12-9+. The Morgan fingerprint density at radius 3 is 2.33 bits per heavy atom. The molecule has 1 aliphatic rings. The summed E-state index contributed by atoms with van der Waals surface area (Å²) in [6.45, 7) is 4.55. The lowest BCUT2D eigenvalue weighted by Crippen LogP contribution is -2.11. The number of unbranched alkanes of at least 4 members (excludes halogenated alkanes) is 1. The van der Waals surface area contributed by atoms with Gasteiger partial charge in [0.05, 0.1) is 0 Å². The van der Waals surface area contributed by atoms with Crippen molar-refractivity contribution in [3.05, 3.63) is 53.6 Å². The number of allylic oxidation sites excluding steroid dienone is 3. The minimum absolute atomic E-state index is 0.752. The van der Waals surface area contributed by atoms with Crippen molar-refractivity contribution in [3.8, 4) is 11.8 Å². The molecule has 0 radical (unpaired) electrons. The minimum atomic E-state index is 0.752. The van der Waals surface area contributed by atoms with Crippen molar-refractivity contribution in [2.75, 3.05) is 0 Å². The minimum Gasteiger partial charge on any atom is -0.0730 e. The maximum absolute atomic E-state index is 3.15. The molecular weight excluding hydrogens is 288 g/mol. The third-order valence-corrected chi connectivity index (χ3v) is 5.16. The van der Waals surface area contributed by atoms with E-state index >= 15 is 0 Å². The van der Waals surface area contributed by atoms with E-state index in [1.54, 1.807) is 0 Å². The zero-order valence-corrected chi connectivity index (χ0v) is 15.4. The molecule has 1 aromatic carbocycles. The average Bonchev–Trinajstić information content (AvgIpc) is 2.64. The van der Waals surface area contributed by atoms with Gasteiger partial charge in [0.15, 0.2) is 0 Å². The lowest BCUT2D eigenvalue weighted by molar-refractivity contribution is 0.304. The molecule has 0 saturated heterocycles. The summed E-state index contributed by atoms with van der Waals surface area (Å²) in [5, 5.41) is 0. The highest BCUT2D eigenvalue weighted by Crippen LogP contribution is 2.31. The Balaban J connectivity index is 1.74. The Hall–Kier alpha value is -1.74. The molecule has 0 spiro atoms. The second-order valence-corrected chi connectivity index (χ2v) is 7.02. The Morgan fingerprint density at radius 2 is 1.67 bits per heavy atom. The van der Waals surface area contributed by atoms with Gasteiger partial charge in [0, 0.05) is 0 Å². The van der Waals surface area contributed by atoms with E-state index in [0.29, 0.717) is 0 Å². The number of hydrogen-bond acceptors (Lipinski definition) is 0. The highest BCUT2D eigenvalue weighted by atomic mass is 14.2. The molecule has 2 rings (SSSR count). The monoisotopic (exact) mass is 320 g/mol. The van der Waals surface area contributed by atoms with Crippen LogP contribution in [0.4, 0.5) is 0 Å². The van der Waals surface area contributed by atoms with Crippen molar-refractivity contribution in [2.45, 2.75) is 65.2 Å². The molecule has 0 amide bonds. The van der Waals surface area contributed by atoms with E-state index in [0.717, 1.165) is 11.8 Å². The van der Waals surface area contributed by atoms with Crippen molar-refractivity contribution in [1.82, 2.24) is 0 Å². The van der Waals surface area contributed by atoms with Crippen LogP contribution in [0, 0.1) is 23.7 Å². The fraction of sp³-hybridized carbons (Fsp3) is 0.500. The summed E-state index contributed by atoms with van der Waals surface area (Å²) >= 11 is 0. The summed E-state index contributed by atoms with van der Waals surface area (Å²) in [5.74, 6) is 8.00. The molecular formula is C24H32. The first kappa shape index (κ1) is 18.6. The van der Waals surface area contributed by atoms with Crippen LogP contribution in [0.2, 0.25) is 0 Å². The van der Waals surface area contributed by atoms with E-state index in [2.05, 4.69) is 68.2 Å². The SMILES string of the molecule is CCCCc1ccc(/C=C/C#C/C=C/C2CCC(CC)CC2)cc1. The first-order valence-corrected chi connectivity index (χ1v) is 9.75. The Kier molecular flexibility index (Phi) is 8.47. The van der Waals surface area contributed by atoms with Crippen LogP contribution in [-0.2, 0) is 6.42 Å². The number of rotatable bonds is 6. The first-order valence-electron chi connectivity index (χ1n) is 9.75. The predicted octanol–water partition coefficient (Wildman–Crippen LogP) is 6.82. The van der Waals surface area contributed by atoms with Crippen molar-refractivity contribution in [3.63, 3.8) is 0 Å². The summed E-state index contributed by atoms with van der Waals surface area (Å²) in [4.78, 5) is 0. The lowest BCUT2D eigenvalue weighted by Gasteiger charge is -2.25. The maximum atomic E-state index is 3.15. The van der Waals surface area contributed by atoms with Gasteiger partial charge in [0.2, 0.25) is 0 Å². The molecule has 0 heteroatoms. The van der Waals surface area contributed by atoms with Crippen LogP contribution in [0.25, 0.3) is 6.08 Å². The van der Waals surface area contributed by atoms with Crippen LogP contribution in [0.3, 0.4) is 0 Å². The fourth-order valence-corrected chi connectivity index (χ4v) is 3.38. The second kappa shape index (κ2) is 10.9. The second-order valence-electron chi connectivity index (χ2n) is 7.02. The van der Waals surface area contributed by atoms with Gasteiger partial charge in [-0.1, -0.05) is 68.9 Å². The summed E-state index contributed by atoms with van der Waals surface area (Å²) in [6.07, 6.45) is 19.0. The summed E-state index contributed by atoms with van der Waals surface area (Å²) in [5.41, 5.74) is 2.66. The van der Waals surface area contributed by atoms with E-state index in [-0.39, 0.29) is 0 Å². The lowest BCUT2D eigenvalue weighted by atomic mass is 9.81. The highest BCUT2D eigenvalue weighted by molar-refractivity contribution is 5.53. The third kappa shape index (κ3) is 6.79. The topological polar surface area (TPSA) is 0 Å². The van der Waals surface area contributed by atoms with Crippen LogP contribution >= 0.6 is 0 Å².